The molecule has 1 aromatic rings. The first-order chi connectivity index (χ1) is 13.8. The van der Waals surface area contributed by atoms with Crippen molar-refractivity contribution in [3.8, 4) is 11.5 Å². The molecule has 2 fully saturated rings. The maximum atomic E-state index is 12.9. The molecule has 0 bridgehead atoms. The molecule has 1 saturated carbocycles. The van der Waals surface area contributed by atoms with E-state index in [-0.39, 0.29) is 40.8 Å². The number of hydrogen-bond donors (Lipinski definition) is 0. The van der Waals surface area contributed by atoms with Crippen LogP contribution in [-0.4, -0.2) is 69.6 Å². The fraction of sp³-hybridized carbons (Fsp3) is 0.600. The minimum atomic E-state index is -3.12. The third-order valence-electron chi connectivity index (χ3n) is 5.56. The topological polar surface area (TPSA) is 99.2 Å². The van der Waals surface area contributed by atoms with E-state index in [4.69, 9.17) is 14.2 Å². The summed E-state index contributed by atoms with van der Waals surface area (Å²) in [5.41, 5.74) is 0.192. The summed E-state index contributed by atoms with van der Waals surface area (Å²) in [6, 6.07) is 4.35. The van der Waals surface area contributed by atoms with Gasteiger partial charge in [0.25, 0.3) is 5.91 Å². The molecule has 1 atom stereocenters. The van der Waals surface area contributed by atoms with Gasteiger partial charge in [-0.05, 0) is 31.4 Å². The minimum Gasteiger partial charge on any atom is -0.497 e. The lowest BCUT2D eigenvalue weighted by Crippen LogP contribution is -2.48. The van der Waals surface area contributed by atoms with Crippen LogP contribution in [0.15, 0.2) is 18.2 Å². The predicted octanol–water partition coefficient (Wildman–Crippen LogP) is 1.82. The van der Waals surface area contributed by atoms with Crippen molar-refractivity contribution in [2.75, 3.05) is 32.3 Å². The van der Waals surface area contributed by atoms with Crippen LogP contribution in [0.25, 0.3) is 0 Å². The van der Waals surface area contributed by atoms with Crippen LogP contribution >= 0.6 is 0 Å². The maximum Gasteiger partial charge on any atom is 0.342 e. The van der Waals surface area contributed by atoms with E-state index in [1.54, 1.807) is 17.0 Å². The molecule has 160 valence electrons. The number of benzene rings is 1. The number of hydrogen-bond acceptors (Lipinski definition) is 7. The van der Waals surface area contributed by atoms with Crippen molar-refractivity contribution in [3.63, 3.8) is 0 Å². The molecule has 1 aliphatic heterocycles. The van der Waals surface area contributed by atoms with Gasteiger partial charge in [-0.3, -0.25) is 4.79 Å². The highest BCUT2D eigenvalue weighted by Crippen LogP contribution is 2.30. The molecular weight excluding hydrogens is 398 g/mol. The third kappa shape index (κ3) is 5.01. The van der Waals surface area contributed by atoms with Gasteiger partial charge in [-0.15, -0.1) is 0 Å². The molecule has 1 aliphatic carbocycles. The first kappa shape index (κ1) is 21.4. The van der Waals surface area contributed by atoms with Gasteiger partial charge in [0.15, 0.2) is 16.4 Å². The molecule has 0 spiro atoms. The Morgan fingerprint density at radius 1 is 1.07 bits per heavy atom. The highest BCUT2D eigenvalue weighted by Gasteiger charge is 2.39. The average molecular weight is 426 g/mol. The summed E-state index contributed by atoms with van der Waals surface area (Å²) >= 11 is 0. The van der Waals surface area contributed by atoms with E-state index in [2.05, 4.69) is 0 Å². The molecule has 1 amide bonds. The number of carbonyl (C=O) groups excluding carboxylic acids is 2. The molecule has 0 N–H and O–H groups in total. The number of methoxy groups -OCH3 is 2. The summed E-state index contributed by atoms with van der Waals surface area (Å²) in [5.74, 6) is -0.129. The van der Waals surface area contributed by atoms with Crippen molar-refractivity contribution in [1.82, 2.24) is 4.90 Å². The number of rotatable bonds is 7. The number of esters is 1. The smallest absolute Gasteiger partial charge is 0.342 e. The highest BCUT2D eigenvalue weighted by atomic mass is 32.2. The van der Waals surface area contributed by atoms with Crippen LogP contribution in [0, 0.1) is 0 Å². The summed E-state index contributed by atoms with van der Waals surface area (Å²) in [4.78, 5) is 27.1. The van der Waals surface area contributed by atoms with Gasteiger partial charge >= 0.3 is 5.97 Å². The lowest BCUT2D eigenvalue weighted by Gasteiger charge is -2.33. The molecule has 29 heavy (non-hydrogen) atoms. The van der Waals surface area contributed by atoms with Gasteiger partial charge in [-0.1, -0.05) is 12.8 Å². The molecule has 2 aliphatic rings. The zero-order chi connectivity index (χ0) is 21.0. The molecule has 3 rings (SSSR count). The van der Waals surface area contributed by atoms with Crippen LogP contribution in [-0.2, 0) is 19.4 Å². The van der Waals surface area contributed by atoms with Gasteiger partial charge in [0.05, 0.1) is 25.7 Å². The first-order valence-electron chi connectivity index (χ1n) is 9.75. The monoisotopic (exact) mass is 425 g/mol. The summed E-state index contributed by atoms with van der Waals surface area (Å²) in [7, 11) is -0.188. The Morgan fingerprint density at radius 2 is 1.79 bits per heavy atom. The third-order valence-corrected chi connectivity index (χ3v) is 7.31. The molecule has 0 radical (unpaired) electrons. The molecule has 9 heteroatoms. The van der Waals surface area contributed by atoms with Crippen LogP contribution in [0.5, 0.6) is 11.5 Å². The standard InChI is InChI=1S/C20H27NO7S/c1-26-16-7-8-17(18(11-16)27-2)20(23)28-12-19(22)21(14-5-3-4-6-14)15-9-10-29(24,25)13-15/h7-8,11,14-15H,3-6,9-10,12-13H2,1-2H3/t15-/m0/s1. The number of amides is 1. The summed E-state index contributed by atoms with van der Waals surface area (Å²) in [6.45, 7) is -0.429. The van der Waals surface area contributed by atoms with Crippen molar-refractivity contribution < 1.29 is 32.2 Å². The van der Waals surface area contributed by atoms with Crippen molar-refractivity contribution in [2.24, 2.45) is 0 Å². The Labute approximate surface area is 171 Å². The van der Waals surface area contributed by atoms with Gasteiger partial charge in [0.2, 0.25) is 0 Å². The Balaban J connectivity index is 1.69. The summed E-state index contributed by atoms with van der Waals surface area (Å²) < 4.78 is 39.4. The van der Waals surface area contributed by atoms with Gasteiger partial charge < -0.3 is 19.1 Å². The quantitative estimate of drug-likeness (QED) is 0.615. The second-order valence-electron chi connectivity index (χ2n) is 7.44. The van der Waals surface area contributed by atoms with Crippen molar-refractivity contribution in [2.45, 2.75) is 44.2 Å². The molecule has 0 aromatic heterocycles. The lowest BCUT2D eigenvalue weighted by molar-refractivity contribution is -0.139. The van der Waals surface area contributed by atoms with E-state index in [0.717, 1.165) is 25.7 Å². The van der Waals surface area contributed by atoms with Crippen LogP contribution in [0.1, 0.15) is 42.5 Å². The van der Waals surface area contributed by atoms with E-state index < -0.39 is 22.4 Å². The summed E-state index contributed by atoms with van der Waals surface area (Å²) in [5, 5.41) is 0. The van der Waals surface area contributed by atoms with Crippen LogP contribution in [0.3, 0.4) is 0 Å². The minimum absolute atomic E-state index is 0.00928. The van der Waals surface area contributed by atoms with Crippen LogP contribution in [0.2, 0.25) is 0 Å². The largest absolute Gasteiger partial charge is 0.497 e. The SMILES string of the molecule is COc1ccc(C(=O)OCC(=O)N(C2CCCC2)[C@H]2CCS(=O)(=O)C2)c(OC)c1. The van der Waals surface area contributed by atoms with Gasteiger partial charge in [-0.2, -0.15) is 0 Å². The van der Waals surface area contributed by atoms with Crippen molar-refractivity contribution in [1.29, 1.82) is 0 Å². The van der Waals surface area contributed by atoms with Crippen molar-refractivity contribution in [3.05, 3.63) is 23.8 Å². The van der Waals surface area contributed by atoms with E-state index in [9.17, 15) is 18.0 Å². The van der Waals surface area contributed by atoms with Gasteiger partial charge in [0.1, 0.15) is 17.1 Å². The predicted molar refractivity (Wildman–Crippen MR) is 106 cm³/mol. The van der Waals surface area contributed by atoms with Gasteiger partial charge in [0, 0.05) is 18.2 Å². The van der Waals surface area contributed by atoms with E-state index >= 15 is 0 Å². The number of sulfone groups is 1. The normalized spacial score (nSPS) is 21.0. The molecule has 1 aromatic carbocycles. The second-order valence-corrected chi connectivity index (χ2v) is 9.67. The maximum absolute atomic E-state index is 12.9. The zero-order valence-electron chi connectivity index (χ0n) is 16.8. The Bertz CT molecular complexity index is 862. The number of carbonyl (C=O) groups is 2. The molecule has 1 heterocycles. The lowest BCUT2D eigenvalue weighted by atomic mass is 10.1. The Hall–Kier alpha value is -2.29. The fourth-order valence-corrected chi connectivity index (χ4v) is 5.84. The molecule has 0 unspecified atom stereocenters. The second kappa shape index (κ2) is 9.02. The Morgan fingerprint density at radius 3 is 2.38 bits per heavy atom. The van der Waals surface area contributed by atoms with E-state index in [1.165, 1.54) is 20.3 Å². The fourth-order valence-electron chi connectivity index (χ4n) is 4.13. The Kier molecular flexibility index (Phi) is 6.66. The highest BCUT2D eigenvalue weighted by molar-refractivity contribution is 7.91. The number of ether oxygens (including phenoxy) is 3. The van der Waals surface area contributed by atoms with Crippen LogP contribution in [0.4, 0.5) is 0 Å². The molecular formula is C20H27NO7S. The molecule has 1 saturated heterocycles. The number of nitrogens with zero attached hydrogens (tertiary/aromatic N) is 1. The molecule has 8 nitrogen and oxygen atoms in total. The van der Waals surface area contributed by atoms with Crippen LogP contribution < -0.4 is 9.47 Å². The average Bonchev–Trinajstić information content (AvgIpc) is 3.35. The van der Waals surface area contributed by atoms with E-state index in [1.807, 2.05) is 0 Å². The van der Waals surface area contributed by atoms with Crippen molar-refractivity contribution >= 4 is 21.7 Å². The summed E-state index contributed by atoms with van der Waals surface area (Å²) in [6.07, 6.45) is 4.16. The zero-order valence-corrected chi connectivity index (χ0v) is 17.6. The van der Waals surface area contributed by atoms with E-state index in [0.29, 0.717) is 12.2 Å². The first-order valence-corrected chi connectivity index (χ1v) is 11.6. The van der Waals surface area contributed by atoms with Gasteiger partial charge in [-0.25, -0.2) is 13.2 Å².